The topological polar surface area (TPSA) is 76.2 Å². The number of pyridine rings is 1. The van der Waals surface area contributed by atoms with Gasteiger partial charge in [0.2, 0.25) is 0 Å². The molecule has 1 aromatic heterocycles. The largest absolute Gasteiger partial charge is 0.476 e. The highest BCUT2D eigenvalue weighted by atomic mass is 19.1. The monoisotopic (exact) mass is 268 g/mol. The summed E-state index contributed by atoms with van der Waals surface area (Å²) in [6.07, 6.45) is 0. The maximum absolute atomic E-state index is 13.7. The maximum atomic E-state index is 13.7. The lowest BCUT2D eigenvalue weighted by Crippen LogP contribution is -2.09. The highest BCUT2D eigenvalue weighted by molar-refractivity contribution is 5.92. The Hall–Kier alpha value is -2.57. The number of hydrogen-bond donors (Lipinski definition) is 2. The smallest absolute Gasteiger partial charge is 0.356 e. The van der Waals surface area contributed by atoms with E-state index in [9.17, 15) is 18.0 Å². The van der Waals surface area contributed by atoms with E-state index in [1.165, 1.54) is 0 Å². The van der Waals surface area contributed by atoms with Crippen LogP contribution in [0, 0.1) is 17.5 Å². The number of halogens is 3. The van der Waals surface area contributed by atoms with Crippen LogP contribution in [0.2, 0.25) is 0 Å². The Morgan fingerprint density at radius 1 is 1.16 bits per heavy atom. The maximum Gasteiger partial charge on any atom is 0.356 e. The van der Waals surface area contributed by atoms with Gasteiger partial charge in [-0.15, -0.1) is 0 Å². The second kappa shape index (κ2) is 4.60. The molecule has 1 heterocycles. The zero-order valence-electron chi connectivity index (χ0n) is 9.32. The molecule has 0 saturated heterocycles. The number of nitrogens with zero attached hydrogens (tertiary/aromatic N) is 1. The van der Waals surface area contributed by atoms with Crippen molar-refractivity contribution in [2.45, 2.75) is 0 Å². The van der Waals surface area contributed by atoms with Gasteiger partial charge in [0.15, 0.2) is 11.5 Å². The van der Waals surface area contributed by atoms with Crippen LogP contribution in [-0.4, -0.2) is 16.1 Å². The molecule has 0 atom stereocenters. The summed E-state index contributed by atoms with van der Waals surface area (Å²) < 4.78 is 40.7. The SMILES string of the molecule is Nc1cc(F)c(-c2c(F)cccc2F)nc1C(=O)O. The van der Waals surface area contributed by atoms with E-state index in [-0.39, 0.29) is 0 Å². The summed E-state index contributed by atoms with van der Waals surface area (Å²) in [7, 11) is 0. The first-order chi connectivity index (χ1) is 8.91. The van der Waals surface area contributed by atoms with Crippen molar-refractivity contribution >= 4 is 11.7 Å². The average molecular weight is 268 g/mol. The fourth-order valence-corrected chi connectivity index (χ4v) is 1.57. The number of anilines is 1. The third-order valence-corrected chi connectivity index (χ3v) is 2.41. The summed E-state index contributed by atoms with van der Waals surface area (Å²) in [5.41, 5.74) is 2.71. The minimum absolute atomic E-state index is 0.425. The van der Waals surface area contributed by atoms with Gasteiger partial charge in [0, 0.05) is 6.07 Å². The Morgan fingerprint density at radius 3 is 2.26 bits per heavy atom. The Balaban J connectivity index is 2.76. The van der Waals surface area contributed by atoms with Crippen LogP contribution in [0.25, 0.3) is 11.3 Å². The second-order valence-electron chi connectivity index (χ2n) is 3.66. The summed E-state index contributed by atoms with van der Waals surface area (Å²) in [5.74, 6) is -4.72. The molecule has 0 bridgehead atoms. The van der Waals surface area contributed by atoms with Gasteiger partial charge in [0.1, 0.15) is 17.3 Å². The van der Waals surface area contributed by atoms with Crippen LogP contribution < -0.4 is 5.73 Å². The van der Waals surface area contributed by atoms with Crippen LogP contribution in [0.4, 0.5) is 18.9 Å². The quantitative estimate of drug-likeness (QED) is 0.877. The van der Waals surface area contributed by atoms with Crippen molar-refractivity contribution in [3.05, 3.63) is 47.4 Å². The molecule has 0 aliphatic heterocycles. The normalized spacial score (nSPS) is 10.5. The molecule has 0 radical (unpaired) electrons. The van der Waals surface area contributed by atoms with Crippen LogP contribution in [-0.2, 0) is 0 Å². The van der Waals surface area contributed by atoms with Gasteiger partial charge >= 0.3 is 5.97 Å². The molecule has 7 heteroatoms. The number of carbonyl (C=O) groups is 1. The van der Waals surface area contributed by atoms with E-state index in [4.69, 9.17) is 10.8 Å². The van der Waals surface area contributed by atoms with Gasteiger partial charge < -0.3 is 10.8 Å². The third kappa shape index (κ3) is 2.22. The highest BCUT2D eigenvalue weighted by Crippen LogP contribution is 2.28. The van der Waals surface area contributed by atoms with Crippen LogP contribution in [0.1, 0.15) is 10.5 Å². The van der Waals surface area contributed by atoms with E-state index in [2.05, 4.69) is 4.98 Å². The number of benzene rings is 1. The minimum atomic E-state index is -1.52. The summed E-state index contributed by atoms with van der Waals surface area (Å²) >= 11 is 0. The number of hydrogen-bond acceptors (Lipinski definition) is 3. The van der Waals surface area contributed by atoms with Crippen molar-refractivity contribution in [1.29, 1.82) is 0 Å². The van der Waals surface area contributed by atoms with Gasteiger partial charge in [-0.3, -0.25) is 0 Å². The minimum Gasteiger partial charge on any atom is -0.476 e. The van der Waals surface area contributed by atoms with E-state index in [0.29, 0.717) is 6.07 Å². The molecule has 0 fully saturated rings. The highest BCUT2D eigenvalue weighted by Gasteiger charge is 2.21. The lowest BCUT2D eigenvalue weighted by atomic mass is 10.1. The summed E-state index contributed by atoms with van der Waals surface area (Å²) in [6.45, 7) is 0. The van der Waals surface area contributed by atoms with Crippen LogP contribution in [0.3, 0.4) is 0 Å². The van der Waals surface area contributed by atoms with E-state index in [1.807, 2.05) is 0 Å². The lowest BCUT2D eigenvalue weighted by Gasteiger charge is -2.08. The molecular weight excluding hydrogens is 261 g/mol. The summed E-state index contributed by atoms with van der Waals surface area (Å²) in [4.78, 5) is 14.2. The fraction of sp³-hybridized carbons (Fsp3) is 0. The number of aromatic carboxylic acids is 1. The van der Waals surface area contributed by atoms with Crippen molar-refractivity contribution in [3.8, 4) is 11.3 Å². The van der Waals surface area contributed by atoms with Crippen LogP contribution in [0.5, 0.6) is 0 Å². The number of carboxylic acids is 1. The van der Waals surface area contributed by atoms with Gasteiger partial charge in [-0.05, 0) is 12.1 Å². The van der Waals surface area contributed by atoms with E-state index in [0.717, 1.165) is 18.2 Å². The van der Waals surface area contributed by atoms with Gasteiger partial charge in [0.25, 0.3) is 0 Å². The van der Waals surface area contributed by atoms with Crippen molar-refractivity contribution in [2.24, 2.45) is 0 Å². The standard InChI is InChI=1S/C12H7F3N2O2/c13-5-2-1-3-6(14)9(5)10-7(15)4-8(16)11(17-10)12(18)19/h1-4H,16H2,(H,18,19). The molecule has 0 amide bonds. The van der Waals surface area contributed by atoms with Crippen LogP contribution in [0.15, 0.2) is 24.3 Å². The number of rotatable bonds is 2. The van der Waals surface area contributed by atoms with Crippen molar-refractivity contribution < 1.29 is 23.1 Å². The molecule has 0 aliphatic carbocycles. The summed E-state index contributed by atoms with van der Waals surface area (Å²) in [5, 5.41) is 8.81. The molecular formula is C12H7F3N2O2. The molecule has 0 aliphatic rings. The van der Waals surface area contributed by atoms with Gasteiger partial charge in [-0.25, -0.2) is 22.9 Å². The lowest BCUT2D eigenvalue weighted by molar-refractivity contribution is 0.0692. The van der Waals surface area contributed by atoms with E-state index >= 15 is 0 Å². The molecule has 98 valence electrons. The Morgan fingerprint density at radius 2 is 1.74 bits per heavy atom. The number of nitrogen functional groups attached to an aromatic ring is 1. The molecule has 0 unspecified atom stereocenters. The van der Waals surface area contributed by atoms with Crippen molar-refractivity contribution in [3.63, 3.8) is 0 Å². The molecule has 4 nitrogen and oxygen atoms in total. The zero-order chi connectivity index (χ0) is 14.2. The van der Waals surface area contributed by atoms with E-state index in [1.54, 1.807) is 0 Å². The molecule has 0 spiro atoms. The molecule has 1 aromatic carbocycles. The number of nitrogens with two attached hydrogens (primary N) is 1. The van der Waals surface area contributed by atoms with Crippen molar-refractivity contribution in [1.82, 2.24) is 4.98 Å². The zero-order valence-corrected chi connectivity index (χ0v) is 9.32. The number of carboxylic acid groups (broad SMARTS) is 1. The van der Waals surface area contributed by atoms with Crippen LogP contribution >= 0.6 is 0 Å². The Kier molecular flexibility index (Phi) is 3.12. The predicted octanol–water partition coefficient (Wildman–Crippen LogP) is 2.45. The fourth-order valence-electron chi connectivity index (χ4n) is 1.57. The average Bonchev–Trinajstić information content (AvgIpc) is 2.30. The molecule has 2 aromatic rings. The summed E-state index contributed by atoms with van der Waals surface area (Å²) in [6, 6.07) is 3.59. The third-order valence-electron chi connectivity index (χ3n) is 2.41. The predicted molar refractivity (Wildman–Crippen MR) is 60.9 cm³/mol. The molecule has 19 heavy (non-hydrogen) atoms. The first-order valence-electron chi connectivity index (χ1n) is 5.05. The van der Waals surface area contributed by atoms with Gasteiger partial charge in [0.05, 0.1) is 11.3 Å². The Labute approximate surface area is 105 Å². The number of aromatic nitrogens is 1. The molecule has 2 rings (SSSR count). The molecule has 3 N–H and O–H groups in total. The first-order valence-corrected chi connectivity index (χ1v) is 5.05. The van der Waals surface area contributed by atoms with E-state index < -0.39 is 46.1 Å². The Bertz CT molecular complexity index is 654. The van der Waals surface area contributed by atoms with Gasteiger partial charge in [-0.1, -0.05) is 6.07 Å². The van der Waals surface area contributed by atoms with Crippen molar-refractivity contribution in [2.75, 3.05) is 5.73 Å². The second-order valence-corrected chi connectivity index (χ2v) is 3.66. The van der Waals surface area contributed by atoms with Gasteiger partial charge in [-0.2, -0.15) is 0 Å². The first kappa shape index (κ1) is 12.9. The molecule has 0 saturated carbocycles.